The Bertz CT molecular complexity index is 345. The first-order valence-electron chi connectivity index (χ1n) is 5.50. The van der Waals surface area contributed by atoms with Gasteiger partial charge in [0.15, 0.2) is 11.5 Å². The van der Waals surface area contributed by atoms with Gasteiger partial charge in [0, 0.05) is 12.2 Å². The Hall–Kier alpha value is -1.22. The Kier molecular flexibility index (Phi) is 4.62. The van der Waals surface area contributed by atoms with Crippen LogP contribution in [-0.4, -0.2) is 25.9 Å². The second kappa shape index (κ2) is 5.75. The largest absolute Gasteiger partial charge is 0.493 e. The third kappa shape index (κ3) is 2.47. The van der Waals surface area contributed by atoms with Crippen LogP contribution in [0.15, 0.2) is 12.1 Å². The minimum Gasteiger partial charge on any atom is -0.493 e. The van der Waals surface area contributed by atoms with Crippen LogP contribution in [0.2, 0.25) is 0 Å². The topological polar surface area (TPSA) is 38.7 Å². The molecule has 1 rings (SSSR count). The second-order valence-corrected chi connectivity index (χ2v) is 4.00. The van der Waals surface area contributed by atoms with Crippen LogP contribution in [0.3, 0.4) is 0 Å². The predicted octanol–water partition coefficient (Wildman–Crippen LogP) is 2.36. The molecular weight excluding hydrogens is 204 g/mol. The average molecular weight is 224 g/mol. The van der Waals surface area contributed by atoms with E-state index < -0.39 is 0 Å². The highest BCUT2D eigenvalue weighted by molar-refractivity contribution is 5.51. The molecule has 3 heteroatoms. The van der Waals surface area contributed by atoms with Crippen LogP contribution in [0.1, 0.15) is 30.9 Å². The normalized spacial score (nSPS) is 10.6. The lowest BCUT2D eigenvalue weighted by Crippen LogP contribution is -2.04. The van der Waals surface area contributed by atoms with E-state index in [1.54, 1.807) is 14.2 Å². The summed E-state index contributed by atoms with van der Waals surface area (Å²) in [5.74, 6) is 1.86. The molecule has 1 aromatic carbocycles. The molecule has 0 aliphatic rings. The zero-order valence-corrected chi connectivity index (χ0v) is 10.4. The van der Waals surface area contributed by atoms with Crippen molar-refractivity contribution < 1.29 is 14.6 Å². The van der Waals surface area contributed by atoms with Crippen molar-refractivity contribution in [3.05, 3.63) is 23.3 Å². The van der Waals surface area contributed by atoms with Crippen molar-refractivity contribution in [1.29, 1.82) is 0 Å². The molecule has 1 aromatic rings. The van der Waals surface area contributed by atoms with Crippen LogP contribution in [0.4, 0.5) is 0 Å². The van der Waals surface area contributed by atoms with Gasteiger partial charge in [-0.05, 0) is 24.0 Å². The fourth-order valence-electron chi connectivity index (χ4n) is 1.92. The van der Waals surface area contributed by atoms with E-state index in [0.717, 1.165) is 17.1 Å². The predicted molar refractivity (Wildman–Crippen MR) is 64.4 cm³/mol. The molecule has 0 spiro atoms. The molecule has 0 aliphatic heterocycles. The first-order chi connectivity index (χ1) is 7.65. The number of rotatable bonds is 5. The van der Waals surface area contributed by atoms with Crippen molar-refractivity contribution in [3.63, 3.8) is 0 Å². The maximum Gasteiger partial charge on any atom is 0.164 e. The third-order valence-electron chi connectivity index (χ3n) is 2.67. The molecule has 0 amide bonds. The molecule has 0 unspecified atom stereocenters. The van der Waals surface area contributed by atoms with E-state index in [1.807, 2.05) is 12.1 Å². The molecule has 0 atom stereocenters. The quantitative estimate of drug-likeness (QED) is 0.834. The van der Waals surface area contributed by atoms with Gasteiger partial charge in [-0.2, -0.15) is 0 Å². The molecule has 90 valence electrons. The SMILES string of the molecule is COc1ccc(C(C)C)c(CCO)c1OC. The Morgan fingerprint density at radius 2 is 1.88 bits per heavy atom. The van der Waals surface area contributed by atoms with E-state index in [0.29, 0.717) is 12.3 Å². The van der Waals surface area contributed by atoms with E-state index in [9.17, 15) is 0 Å². The molecule has 1 N–H and O–H groups in total. The first kappa shape index (κ1) is 12.8. The van der Waals surface area contributed by atoms with Crippen LogP contribution in [0.5, 0.6) is 11.5 Å². The lowest BCUT2D eigenvalue weighted by Gasteiger charge is -2.18. The number of hydrogen-bond donors (Lipinski definition) is 1. The van der Waals surface area contributed by atoms with Crippen LogP contribution < -0.4 is 9.47 Å². The molecule has 3 nitrogen and oxygen atoms in total. The van der Waals surface area contributed by atoms with Crippen LogP contribution >= 0.6 is 0 Å². The standard InChI is InChI=1S/C13H20O3/c1-9(2)10-5-6-12(15-3)13(16-4)11(10)7-8-14/h5-6,9,14H,7-8H2,1-4H3. The summed E-state index contributed by atoms with van der Waals surface area (Å²) in [6, 6.07) is 3.95. The minimum atomic E-state index is 0.114. The van der Waals surface area contributed by atoms with Crippen LogP contribution in [0, 0.1) is 0 Å². The highest BCUT2D eigenvalue weighted by Crippen LogP contribution is 2.36. The Morgan fingerprint density at radius 1 is 1.19 bits per heavy atom. The van der Waals surface area contributed by atoms with Gasteiger partial charge in [-0.25, -0.2) is 0 Å². The Balaban J connectivity index is 3.31. The summed E-state index contributed by atoms with van der Waals surface area (Å²) in [5.41, 5.74) is 2.24. The highest BCUT2D eigenvalue weighted by Gasteiger charge is 2.15. The van der Waals surface area contributed by atoms with Gasteiger partial charge in [0.25, 0.3) is 0 Å². The van der Waals surface area contributed by atoms with Gasteiger partial charge in [0.05, 0.1) is 14.2 Å². The van der Waals surface area contributed by atoms with Crippen molar-refractivity contribution >= 4 is 0 Å². The number of benzene rings is 1. The molecule has 0 bridgehead atoms. The van der Waals surface area contributed by atoms with Gasteiger partial charge < -0.3 is 14.6 Å². The van der Waals surface area contributed by atoms with Gasteiger partial charge >= 0.3 is 0 Å². The van der Waals surface area contributed by atoms with Gasteiger partial charge in [0.1, 0.15) is 0 Å². The average Bonchev–Trinajstić information content (AvgIpc) is 2.28. The summed E-state index contributed by atoms with van der Waals surface area (Å²) in [6.07, 6.45) is 0.591. The summed E-state index contributed by atoms with van der Waals surface area (Å²) in [5, 5.41) is 9.11. The fourth-order valence-corrected chi connectivity index (χ4v) is 1.92. The summed E-state index contributed by atoms with van der Waals surface area (Å²) < 4.78 is 10.6. The molecule has 0 aliphatic carbocycles. The first-order valence-corrected chi connectivity index (χ1v) is 5.50. The maximum atomic E-state index is 9.11. The lowest BCUT2D eigenvalue weighted by molar-refractivity contribution is 0.294. The molecule has 0 saturated heterocycles. The molecular formula is C13H20O3. The van der Waals surface area contributed by atoms with Crippen molar-refractivity contribution in [2.24, 2.45) is 0 Å². The van der Waals surface area contributed by atoms with Gasteiger partial charge in [-0.3, -0.25) is 0 Å². The van der Waals surface area contributed by atoms with Crippen molar-refractivity contribution in [1.82, 2.24) is 0 Å². The number of aliphatic hydroxyl groups is 1. The van der Waals surface area contributed by atoms with Crippen molar-refractivity contribution in [3.8, 4) is 11.5 Å². The fraction of sp³-hybridized carbons (Fsp3) is 0.538. The zero-order valence-electron chi connectivity index (χ0n) is 10.4. The third-order valence-corrected chi connectivity index (χ3v) is 2.67. The second-order valence-electron chi connectivity index (χ2n) is 4.00. The van der Waals surface area contributed by atoms with Gasteiger partial charge in [0.2, 0.25) is 0 Å². The van der Waals surface area contributed by atoms with E-state index >= 15 is 0 Å². The molecule has 16 heavy (non-hydrogen) atoms. The minimum absolute atomic E-state index is 0.114. The molecule has 0 heterocycles. The smallest absolute Gasteiger partial charge is 0.164 e. The van der Waals surface area contributed by atoms with Crippen LogP contribution in [0.25, 0.3) is 0 Å². The van der Waals surface area contributed by atoms with E-state index in [1.165, 1.54) is 5.56 Å². The number of hydrogen-bond acceptors (Lipinski definition) is 3. The summed E-state index contributed by atoms with van der Waals surface area (Å²) >= 11 is 0. The molecule has 0 saturated carbocycles. The van der Waals surface area contributed by atoms with E-state index in [-0.39, 0.29) is 6.61 Å². The monoisotopic (exact) mass is 224 g/mol. The zero-order chi connectivity index (χ0) is 12.1. The van der Waals surface area contributed by atoms with Gasteiger partial charge in [-0.1, -0.05) is 19.9 Å². The highest BCUT2D eigenvalue weighted by atomic mass is 16.5. The lowest BCUT2D eigenvalue weighted by atomic mass is 9.94. The molecule has 0 radical (unpaired) electrons. The van der Waals surface area contributed by atoms with Crippen molar-refractivity contribution in [2.45, 2.75) is 26.2 Å². The summed E-state index contributed by atoms with van der Waals surface area (Å²) in [6.45, 7) is 4.37. The molecule has 0 fully saturated rings. The maximum absolute atomic E-state index is 9.11. The van der Waals surface area contributed by atoms with E-state index in [2.05, 4.69) is 13.8 Å². The van der Waals surface area contributed by atoms with Crippen molar-refractivity contribution in [2.75, 3.05) is 20.8 Å². The number of methoxy groups -OCH3 is 2. The number of ether oxygens (including phenoxy) is 2. The Labute approximate surface area is 97.0 Å². The van der Waals surface area contributed by atoms with E-state index in [4.69, 9.17) is 14.6 Å². The summed E-state index contributed by atoms with van der Waals surface area (Å²) in [7, 11) is 3.25. The summed E-state index contributed by atoms with van der Waals surface area (Å²) in [4.78, 5) is 0. The Morgan fingerprint density at radius 3 is 2.31 bits per heavy atom. The van der Waals surface area contributed by atoms with Gasteiger partial charge in [-0.15, -0.1) is 0 Å². The molecule has 0 aromatic heterocycles. The van der Waals surface area contributed by atoms with Crippen LogP contribution in [-0.2, 0) is 6.42 Å². The number of aliphatic hydroxyl groups excluding tert-OH is 1.